The van der Waals surface area contributed by atoms with Gasteiger partial charge in [-0.2, -0.15) is 0 Å². The highest BCUT2D eigenvalue weighted by atomic mass is 32.1. The van der Waals surface area contributed by atoms with E-state index in [1.54, 1.807) is 24.3 Å². The Morgan fingerprint density at radius 2 is 2.05 bits per heavy atom. The number of carboxylic acids is 1. The standard InChI is InChI=1S/C14H9N3O4S/c18-13(19)9-3-1-2-4-10(9)15-14-16-11-6-5-8(17(20)21)7-12(11)22-14/h1-7H,(H,15,16)(H,18,19). The minimum atomic E-state index is -1.04. The van der Waals surface area contributed by atoms with Crippen molar-refractivity contribution in [3.63, 3.8) is 0 Å². The fourth-order valence-corrected chi connectivity index (χ4v) is 2.89. The number of benzene rings is 2. The van der Waals surface area contributed by atoms with Crippen LogP contribution >= 0.6 is 11.3 Å². The lowest BCUT2D eigenvalue weighted by Gasteiger charge is -2.05. The number of carbonyl (C=O) groups is 1. The van der Waals surface area contributed by atoms with Crippen LogP contribution in [0.4, 0.5) is 16.5 Å². The average Bonchev–Trinajstić information content (AvgIpc) is 2.88. The van der Waals surface area contributed by atoms with Crippen molar-refractivity contribution < 1.29 is 14.8 Å². The Labute approximate surface area is 128 Å². The normalized spacial score (nSPS) is 10.5. The molecule has 0 saturated heterocycles. The van der Waals surface area contributed by atoms with Crippen LogP contribution in [0.5, 0.6) is 0 Å². The highest BCUT2D eigenvalue weighted by Crippen LogP contribution is 2.31. The van der Waals surface area contributed by atoms with E-state index in [2.05, 4.69) is 10.3 Å². The number of rotatable bonds is 4. The summed E-state index contributed by atoms with van der Waals surface area (Å²) in [6.07, 6.45) is 0. The predicted molar refractivity (Wildman–Crippen MR) is 83.0 cm³/mol. The molecule has 0 fully saturated rings. The van der Waals surface area contributed by atoms with Crippen LogP contribution in [0.15, 0.2) is 42.5 Å². The van der Waals surface area contributed by atoms with Crippen molar-refractivity contribution in [2.45, 2.75) is 0 Å². The average molecular weight is 315 g/mol. The third-order valence-electron chi connectivity index (χ3n) is 2.98. The van der Waals surface area contributed by atoms with Crippen molar-refractivity contribution >= 4 is 44.0 Å². The lowest BCUT2D eigenvalue weighted by atomic mass is 10.2. The molecular formula is C14H9N3O4S. The Bertz CT molecular complexity index is 891. The lowest BCUT2D eigenvalue weighted by Crippen LogP contribution is -2.01. The third kappa shape index (κ3) is 2.59. The summed E-state index contributed by atoms with van der Waals surface area (Å²) < 4.78 is 0.657. The van der Waals surface area contributed by atoms with Crippen molar-refractivity contribution in [3.05, 3.63) is 58.1 Å². The highest BCUT2D eigenvalue weighted by molar-refractivity contribution is 7.22. The maximum atomic E-state index is 11.2. The molecule has 0 atom stereocenters. The molecule has 2 N–H and O–H groups in total. The summed E-state index contributed by atoms with van der Waals surface area (Å²) in [5.74, 6) is -1.04. The molecule has 0 amide bonds. The first-order valence-corrected chi connectivity index (χ1v) is 7.00. The Morgan fingerprint density at radius 3 is 2.77 bits per heavy atom. The monoisotopic (exact) mass is 315 g/mol. The van der Waals surface area contributed by atoms with Crippen LogP contribution in [0.3, 0.4) is 0 Å². The minimum Gasteiger partial charge on any atom is -0.478 e. The van der Waals surface area contributed by atoms with Gasteiger partial charge in [0.2, 0.25) is 0 Å². The van der Waals surface area contributed by atoms with Gasteiger partial charge in [-0.05, 0) is 18.2 Å². The van der Waals surface area contributed by atoms with E-state index in [4.69, 9.17) is 5.11 Å². The fourth-order valence-electron chi connectivity index (χ4n) is 1.97. The largest absolute Gasteiger partial charge is 0.478 e. The van der Waals surface area contributed by atoms with Gasteiger partial charge in [0.25, 0.3) is 5.69 Å². The van der Waals surface area contributed by atoms with Gasteiger partial charge in [0.1, 0.15) is 0 Å². The van der Waals surface area contributed by atoms with Crippen LogP contribution in [0.2, 0.25) is 0 Å². The number of carboxylic acid groups (broad SMARTS) is 1. The van der Waals surface area contributed by atoms with E-state index in [-0.39, 0.29) is 11.3 Å². The zero-order chi connectivity index (χ0) is 15.7. The SMILES string of the molecule is O=C(O)c1ccccc1Nc1nc2ccc([N+](=O)[O-])cc2s1. The van der Waals surface area contributed by atoms with Crippen molar-refractivity contribution in [2.24, 2.45) is 0 Å². The Kier molecular flexibility index (Phi) is 3.43. The number of fused-ring (bicyclic) bond motifs is 1. The zero-order valence-corrected chi connectivity index (χ0v) is 11.8. The molecule has 22 heavy (non-hydrogen) atoms. The van der Waals surface area contributed by atoms with Gasteiger partial charge in [-0.1, -0.05) is 23.5 Å². The number of nitro groups is 1. The van der Waals surface area contributed by atoms with E-state index in [1.165, 1.54) is 29.5 Å². The number of nitro benzene ring substituents is 1. The number of hydrogen-bond donors (Lipinski definition) is 2. The molecule has 2 aromatic carbocycles. The molecular weight excluding hydrogens is 306 g/mol. The van der Waals surface area contributed by atoms with E-state index >= 15 is 0 Å². The van der Waals surface area contributed by atoms with E-state index in [0.29, 0.717) is 21.0 Å². The number of anilines is 2. The van der Waals surface area contributed by atoms with E-state index in [1.807, 2.05) is 0 Å². The second kappa shape index (κ2) is 5.41. The van der Waals surface area contributed by atoms with Gasteiger partial charge in [0, 0.05) is 12.1 Å². The fraction of sp³-hybridized carbons (Fsp3) is 0. The van der Waals surface area contributed by atoms with Crippen molar-refractivity contribution in [1.29, 1.82) is 0 Å². The number of para-hydroxylation sites is 1. The first-order chi connectivity index (χ1) is 10.5. The third-order valence-corrected chi connectivity index (χ3v) is 3.92. The molecule has 0 spiro atoms. The minimum absolute atomic E-state index is 0.00589. The number of aromatic carboxylic acids is 1. The van der Waals surface area contributed by atoms with E-state index < -0.39 is 10.9 Å². The molecule has 0 saturated carbocycles. The molecule has 1 aromatic heterocycles. The topological polar surface area (TPSA) is 105 Å². The van der Waals surface area contributed by atoms with Crippen LogP contribution in [-0.2, 0) is 0 Å². The number of thiazole rings is 1. The smallest absolute Gasteiger partial charge is 0.337 e. The quantitative estimate of drug-likeness (QED) is 0.562. The highest BCUT2D eigenvalue weighted by Gasteiger charge is 2.13. The lowest BCUT2D eigenvalue weighted by molar-refractivity contribution is -0.384. The molecule has 0 bridgehead atoms. The van der Waals surface area contributed by atoms with Gasteiger partial charge in [-0.15, -0.1) is 0 Å². The Morgan fingerprint density at radius 1 is 1.27 bits per heavy atom. The molecule has 110 valence electrons. The zero-order valence-electron chi connectivity index (χ0n) is 11.0. The van der Waals surface area contributed by atoms with E-state index in [9.17, 15) is 14.9 Å². The second-order valence-corrected chi connectivity index (χ2v) is 5.43. The molecule has 0 radical (unpaired) electrons. The molecule has 3 aromatic rings. The Balaban J connectivity index is 1.98. The summed E-state index contributed by atoms with van der Waals surface area (Å²) in [4.78, 5) is 25.8. The molecule has 0 aliphatic heterocycles. The number of nitrogens with one attached hydrogen (secondary N) is 1. The van der Waals surface area contributed by atoms with Crippen LogP contribution in [0.1, 0.15) is 10.4 Å². The second-order valence-electron chi connectivity index (χ2n) is 4.40. The molecule has 0 aliphatic rings. The first kappa shape index (κ1) is 14.0. The first-order valence-electron chi connectivity index (χ1n) is 6.19. The van der Waals surface area contributed by atoms with Gasteiger partial charge in [0.15, 0.2) is 5.13 Å². The molecule has 0 unspecified atom stereocenters. The summed E-state index contributed by atoms with van der Waals surface area (Å²) >= 11 is 1.22. The molecule has 0 aliphatic carbocycles. The predicted octanol–water partition coefficient (Wildman–Crippen LogP) is 3.65. The summed E-state index contributed by atoms with van der Waals surface area (Å²) in [6, 6.07) is 10.9. The molecule has 7 nitrogen and oxygen atoms in total. The summed E-state index contributed by atoms with van der Waals surface area (Å²) in [6.45, 7) is 0. The van der Waals surface area contributed by atoms with Gasteiger partial charge >= 0.3 is 5.97 Å². The van der Waals surface area contributed by atoms with Crippen LogP contribution in [0, 0.1) is 10.1 Å². The summed E-state index contributed by atoms with van der Waals surface area (Å²) in [5, 5.41) is 23.3. The van der Waals surface area contributed by atoms with Gasteiger partial charge in [-0.3, -0.25) is 10.1 Å². The van der Waals surface area contributed by atoms with Gasteiger partial charge < -0.3 is 10.4 Å². The number of nitrogens with zero attached hydrogens (tertiary/aromatic N) is 2. The van der Waals surface area contributed by atoms with Gasteiger partial charge in [0.05, 0.1) is 26.4 Å². The number of aromatic nitrogens is 1. The van der Waals surface area contributed by atoms with Crippen LogP contribution < -0.4 is 5.32 Å². The van der Waals surface area contributed by atoms with Crippen molar-refractivity contribution in [1.82, 2.24) is 4.98 Å². The molecule has 3 rings (SSSR count). The number of hydrogen-bond acceptors (Lipinski definition) is 6. The number of non-ortho nitro benzene ring substituents is 1. The summed E-state index contributed by atoms with van der Waals surface area (Å²) in [7, 11) is 0. The Hall–Kier alpha value is -3.00. The van der Waals surface area contributed by atoms with Crippen LogP contribution in [-0.4, -0.2) is 21.0 Å². The van der Waals surface area contributed by atoms with Crippen molar-refractivity contribution in [3.8, 4) is 0 Å². The molecule has 1 heterocycles. The molecule has 8 heteroatoms. The maximum absolute atomic E-state index is 11.2. The van der Waals surface area contributed by atoms with Crippen molar-refractivity contribution in [2.75, 3.05) is 5.32 Å². The van der Waals surface area contributed by atoms with Gasteiger partial charge in [-0.25, -0.2) is 9.78 Å². The maximum Gasteiger partial charge on any atom is 0.337 e. The summed E-state index contributed by atoms with van der Waals surface area (Å²) in [5.41, 5.74) is 1.16. The van der Waals surface area contributed by atoms with Crippen LogP contribution in [0.25, 0.3) is 10.2 Å². The van der Waals surface area contributed by atoms with E-state index in [0.717, 1.165) is 0 Å².